The molecule has 1 aliphatic rings. The van der Waals surface area contributed by atoms with Crippen molar-refractivity contribution in [3.63, 3.8) is 0 Å². The molecule has 0 bridgehead atoms. The molecule has 1 atom stereocenters. The van der Waals surface area contributed by atoms with E-state index in [0.717, 1.165) is 3.57 Å². The number of aliphatic carboxylic acids is 1. The second-order valence-corrected chi connectivity index (χ2v) is 5.71. The van der Waals surface area contributed by atoms with E-state index in [1.807, 2.05) is 18.2 Å². The Hall–Kier alpha value is -1.35. The van der Waals surface area contributed by atoms with E-state index in [-0.39, 0.29) is 19.1 Å². The van der Waals surface area contributed by atoms with Gasteiger partial charge in [0.15, 0.2) is 0 Å². The topological polar surface area (TPSA) is 78.9 Å². The van der Waals surface area contributed by atoms with E-state index in [4.69, 9.17) is 9.84 Å². The molecule has 1 fully saturated rings. The summed E-state index contributed by atoms with van der Waals surface area (Å²) in [6, 6.07) is 6.71. The first-order chi connectivity index (χ1) is 9.56. The van der Waals surface area contributed by atoms with Gasteiger partial charge in [-0.1, -0.05) is 6.07 Å². The Morgan fingerprint density at radius 1 is 1.50 bits per heavy atom. The Labute approximate surface area is 130 Å². The summed E-state index contributed by atoms with van der Waals surface area (Å²) >= 11 is 2.16. The van der Waals surface area contributed by atoms with Crippen LogP contribution in [0.5, 0.6) is 0 Å². The number of amides is 2. The first-order valence-corrected chi connectivity index (χ1v) is 7.27. The van der Waals surface area contributed by atoms with Gasteiger partial charge in [-0.25, -0.2) is 4.79 Å². The number of carbonyl (C=O) groups is 2. The number of benzene rings is 1. The third-order valence-corrected chi connectivity index (χ3v) is 3.65. The van der Waals surface area contributed by atoms with Crippen molar-refractivity contribution >= 4 is 40.3 Å². The highest BCUT2D eigenvalue weighted by atomic mass is 127. The van der Waals surface area contributed by atoms with Crippen LogP contribution in [0.1, 0.15) is 6.42 Å². The van der Waals surface area contributed by atoms with E-state index in [2.05, 4.69) is 27.9 Å². The number of hydrogen-bond acceptors (Lipinski definition) is 3. The number of carboxylic acids is 1. The van der Waals surface area contributed by atoms with Gasteiger partial charge in [-0.15, -0.1) is 0 Å². The van der Waals surface area contributed by atoms with Gasteiger partial charge >= 0.3 is 12.0 Å². The maximum atomic E-state index is 12.2. The number of morpholine rings is 1. The molecule has 20 heavy (non-hydrogen) atoms. The number of nitrogens with zero attached hydrogens (tertiary/aromatic N) is 1. The number of carbonyl (C=O) groups excluding carboxylic acids is 1. The van der Waals surface area contributed by atoms with Crippen molar-refractivity contribution in [1.29, 1.82) is 0 Å². The zero-order chi connectivity index (χ0) is 14.5. The molecule has 1 heterocycles. The van der Waals surface area contributed by atoms with Crippen molar-refractivity contribution in [2.24, 2.45) is 0 Å². The number of anilines is 1. The molecule has 1 unspecified atom stereocenters. The molecule has 2 rings (SSSR count). The fraction of sp³-hybridized carbons (Fsp3) is 0.385. The van der Waals surface area contributed by atoms with E-state index in [1.165, 1.54) is 4.90 Å². The van der Waals surface area contributed by atoms with E-state index in [0.29, 0.717) is 18.8 Å². The number of urea groups is 1. The quantitative estimate of drug-likeness (QED) is 0.774. The minimum absolute atomic E-state index is 0.111. The van der Waals surface area contributed by atoms with Gasteiger partial charge in [0.05, 0.1) is 25.7 Å². The molecule has 1 aromatic rings. The van der Waals surface area contributed by atoms with Crippen LogP contribution in [0.15, 0.2) is 24.3 Å². The average Bonchev–Trinajstić information content (AvgIpc) is 2.38. The molecule has 0 aromatic heterocycles. The lowest BCUT2D eigenvalue weighted by Crippen LogP contribution is -2.51. The van der Waals surface area contributed by atoms with Crippen molar-refractivity contribution in [3.05, 3.63) is 27.8 Å². The SMILES string of the molecule is O=C(O)CC1COCCN1C(=O)Nc1cccc(I)c1. The van der Waals surface area contributed by atoms with Gasteiger partial charge in [0.1, 0.15) is 0 Å². The summed E-state index contributed by atoms with van der Waals surface area (Å²) < 4.78 is 6.26. The van der Waals surface area contributed by atoms with E-state index < -0.39 is 12.0 Å². The predicted molar refractivity (Wildman–Crippen MR) is 81.7 cm³/mol. The van der Waals surface area contributed by atoms with Crippen molar-refractivity contribution < 1.29 is 19.4 Å². The lowest BCUT2D eigenvalue weighted by atomic mass is 10.1. The summed E-state index contributed by atoms with van der Waals surface area (Å²) in [5, 5.41) is 11.7. The van der Waals surface area contributed by atoms with Crippen molar-refractivity contribution in [3.8, 4) is 0 Å². The smallest absolute Gasteiger partial charge is 0.322 e. The molecule has 1 saturated heterocycles. The Morgan fingerprint density at radius 2 is 2.30 bits per heavy atom. The van der Waals surface area contributed by atoms with Crippen LogP contribution in [0.2, 0.25) is 0 Å². The van der Waals surface area contributed by atoms with Crippen LogP contribution in [-0.2, 0) is 9.53 Å². The second-order valence-electron chi connectivity index (χ2n) is 4.46. The van der Waals surface area contributed by atoms with Crippen molar-refractivity contribution in [2.75, 3.05) is 25.1 Å². The second kappa shape index (κ2) is 6.89. The molecule has 108 valence electrons. The fourth-order valence-corrected chi connectivity index (χ4v) is 2.60. The molecule has 2 amide bonds. The Balaban J connectivity index is 2.04. The number of halogens is 1. The lowest BCUT2D eigenvalue weighted by molar-refractivity contribution is -0.139. The minimum atomic E-state index is -0.937. The van der Waals surface area contributed by atoms with Crippen LogP contribution in [0.4, 0.5) is 10.5 Å². The van der Waals surface area contributed by atoms with Gasteiger partial charge in [0.2, 0.25) is 0 Å². The van der Waals surface area contributed by atoms with E-state index >= 15 is 0 Å². The number of ether oxygens (including phenoxy) is 1. The summed E-state index contributed by atoms with van der Waals surface area (Å²) in [5.41, 5.74) is 0.697. The molecule has 0 radical (unpaired) electrons. The molecule has 6 nitrogen and oxygen atoms in total. The first kappa shape index (κ1) is 15.0. The molecule has 1 aliphatic heterocycles. The standard InChI is InChI=1S/C13H15IN2O4/c14-9-2-1-3-10(6-9)15-13(19)16-4-5-20-8-11(16)7-12(17)18/h1-3,6,11H,4-5,7-8H2,(H,15,19)(H,17,18). The van der Waals surface area contributed by atoms with Gasteiger partial charge in [0, 0.05) is 15.8 Å². The molecule has 2 N–H and O–H groups in total. The molecular formula is C13H15IN2O4. The van der Waals surface area contributed by atoms with E-state index in [9.17, 15) is 9.59 Å². The van der Waals surface area contributed by atoms with Crippen LogP contribution in [0.25, 0.3) is 0 Å². The molecule has 0 aliphatic carbocycles. The Morgan fingerprint density at radius 3 is 3.00 bits per heavy atom. The summed E-state index contributed by atoms with van der Waals surface area (Å²) in [6.45, 7) is 1.08. The zero-order valence-corrected chi connectivity index (χ0v) is 12.9. The highest BCUT2D eigenvalue weighted by Crippen LogP contribution is 2.16. The summed E-state index contributed by atoms with van der Waals surface area (Å²) in [4.78, 5) is 24.6. The fourth-order valence-electron chi connectivity index (χ4n) is 2.05. The van der Waals surface area contributed by atoms with Crippen LogP contribution < -0.4 is 5.32 Å². The van der Waals surface area contributed by atoms with Gasteiger partial charge in [0.25, 0.3) is 0 Å². The summed E-state index contributed by atoms with van der Waals surface area (Å²) in [6.07, 6.45) is -0.111. The third-order valence-electron chi connectivity index (χ3n) is 2.97. The summed E-state index contributed by atoms with van der Waals surface area (Å²) in [5.74, 6) is -0.937. The monoisotopic (exact) mass is 390 g/mol. The van der Waals surface area contributed by atoms with E-state index in [1.54, 1.807) is 6.07 Å². The zero-order valence-electron chi connectivity index (χ0n) is 10.7. The normalized spacial score (nSPS) is 18.6. The summed E-state index contributed by atoms with van der Waals surface area (Å²) in [7, 11) is 0. The first-order valence-electron chi connectivity index (χ1n) is 6.19. The van der Waals surface area contributed by atoms with Gasteiger partial charge in [-0.05, 0) is 40.8 Å². The Bertz CT molecular complexity index is 509. The van der Waals surface area contributed by atoms with Gasteiger partial charge < -0.3 is 20.1 Å². The highest BCUT2D eigenvalue weighted by Gasteiger charge is 2.29. The third kappa shape index (κ3) is 4.07. The maximum Gasteiger partial charge on any atom is 0.322 e. The predicted octanol–water partition coefficient (Wildman–Crippen LogP) is 2.00. The largest absolute Gasteiger partial charge is 0.481 e. The molecular weight excluding hydrogens is 375 g/mol. The number of nitrogens with one attached hydrogen (secondary N) is 1. The molecule has 7 heteroatoms. The number of carboxylic acid groups (broad SMARTS) is 1. The maximum absolute atomic E-state index is 12.2. The molecule has 1 aromatic carbocycles. The van der Waals surface area contributed by atoms with Crippen molar-refractivity contribution in [1.82, 2.24) is 4.90 Å². The van der Waals surface area contributed by atoms with Crippen LogP contribution in [-0.4, -0.2) is 47.8 Å². The number of rotatable bonds is 3. The minimum Gasteiger partial charge on any atom is -0.481 e. The highest BCUT2D eigenvalue weighted by molar-refractivity contribution is 14.1. The Kier molecular flexibility index (Phi) is 5.18. The van der Waals surface area contributed by atoms with Crippen molar-refractivity contribution in [2.45, 2.75) is 12.5 Å². The van der Waals surface area contributed by atoms with Crippen LogP contribution in [0, 0.1) is 3.57 Å². The number of hydrogen-bond donors (Lipinski definition) is 2. The molecule has 0 saturated carbocycles. The van der Waals surface area contributed by atoms with Crippen LogP contribution in [0.3, 0.4) is 0 Å². The van der Waals surface area contributed by atoms with Gasteiger partial charge in [-0.3, -0.25) is 4.79 Å². The van der Waals surface area contributed by atoms with Gasteiger partial charge in [-0.2, -0.15) is 0 Å². The lowest BCUT2D eigenvalue weighted by Gasteiger charge is -2.34. The molecule has 0 spiro atoms. The average molecular weight is 390 g/mol. The van der Waals surface area contributed by atoms with Crippen LogP contribution >= 0.6 is 22.6 Å².